The molecule has 0 amide bonds. The maximum atomic E-state index is 13.5. The van der Waals surface area contributed by atoms with Crippen molar-refractivity contribution in [1.82, 2.24) is 0 Å². The number of carbonyl (C=O) groups is 1. The van der Waals surface area contributed by atoms with Crippen molar-refractivity contribution in [3.63, 3.8) is 0 Å². The summed E-state index contributed by atoms with van der Waals surface area (Å²) in [4.78, 5) is 12.0. The van der Waals surface area contributed by atoms with Crippen molar-refractivity contribution in [2.45, 2.75) is 6.92 Å². The fourth-order valence-corrected chi connectivity index (χ4v) is 4.65. The van der Waals surface area contributed by atoms with Gasteiger partial charge in [0.25, 0.3) is 0 Å². The lowest BCUT2D eigenvalue weighted by atomic mass is 10.2. The first-order valence-electron chi connectivity index (χ1n) is 6.43. The van der Waals surface area contributed by atoms with Gasteiger partial charge in [0.2, 0.25) is 0 Å². The van der Waals surface area contributed by atoms with E-state index in [4.69, 9.17) is 0 Å². The van der Waals surface area contributed by atoms with E-state index in [1.54, 1.807) is 6.92 Å². The van der Waals surface area contributed by atoms with Gasteiger partial charge in [0, 0.05) is 10.6 Å². The fraction of sp³-hybridized carbons (Fsp3) is 0.118. The quantitative estimate of drug-likeness (QED) is 0.624. The van der Waals surface area contributed by atoms with E-state index in [0.717, 1.165) is 0 Å². The van der Waals surface area contributed by atoms with Gasteiger partial charge in [-0.1, -0.05) is 67.2 Å². The summed E-state index contributed by atoms with van der Waals surface area (Å²) >= 11 is 0. The molecule has 0 aromatic heterocycles. The normalized spacial score (nSPS) is 11.1. The first kappa shape index (κ1) is 14.5. The van der Waals surface area contributed by atoms with E-state index < -0.39 is 7.14 Å². The third-order valence-corrected chi connectivity index (χ3v) is 6.19. The van der Waals surface area contributed by atoms with Gasteiger partial charge in [-0.25, -0.2) is 0 Å². The zero-order chi connectivity index (χ0) is 14.6. The zero-order valence-corrected chi connectivity index (χ0v) is 12.3. The molecule has 2 aromatic carbocycles. The van der Waals surface area contributed by atoms with Crippen LogP contribution in [0.4, 0.5) is 0 Å². The Kier molecular flexibility index (Phi) is 4.36. The second-order valence-electron chi connectivity index (χ2n) is 4.77. The Hall–Kier alpha value is -1.92. The fourth-order valence-electron chi connectivity index (χ4n) is 2.01. The lowest BCUT2D eigenvalue weighted by molar-refractivity contribution is -0.113. The van der Waals surface area contributed by atoms with Gasteiger partial charge < -0.3 is 4.57 Å². The highest BCUT2D eigenvalue weighted by atomic mass is 31.2. The number of ketones is 1. The third kappa shape index (κ3) is 2.97. The molecular formula is C17H17O2P. The zero-order valence-electron chi connectivity index (χ0n) is 11.5. The van der Waals surface area contributed by atoms with E-state index >= 15 is 0 Å². The molecule has 0 aliphatic rings. The van der Waals surface area contributed by atoms with Crippen LogP contribution in [-0.2, 0) is 9.36 Å². The number of allylic oxidation sites excluding steroid dienone is 1. The van der Waals surface area contributed by atoms with Gasteiger partial charge >= 0.3 is 0 Å². The molecule has 0 saturated heterocycles. The van der Waals surface area contributed by atoms with E-state index in [2.05, 4.69) is 6.58 Å². The minimum atomic E-state index is -2.94. The summed E-state index contributed by atoms with van der Waals surface area (Å²) in [7, 11) is -2.94. The van der Waals surface area contributed by atoms with Crippen LogP contribution in [-0.4, -0.2) is 11.9 Å². The SMILES string of the molecule is C=C(C)C(=O)CP(=O)(c1ccccc1)c1ccccc1. The van der Waals surface area contributed by atoms with Crippen molar-refractivity contribution in [2.75, 3.05) is 6.16 Å². The van der Waals surface area contributed by atoms with E-state index in [1.165, 1.54) is 0 Å². The van der Waals surface area contributed by atoms with Gasteiger partial charge in [-0.3, -0.25) is 4.79 Å². The van der Waals surface area contributed by atoms with Crippen LogP contribution in [0.3, 0.4) is 0 Å². The molecule has 0 radical (unpaired) electrons. The predicted molar refractivity (Wildman–Crippen MR) is 84.4 cm³/mol. The van der Waals surface area contributed by atoms with Crippen molar-refractivity contribution >= 4 is 23.5 Å². The second-order valence-corrected chi connectivity index (χ2v) is 7.60. The number of Topliss-reactive ketones (excluding diaryl/α,β-unsaturated/α-hetero) is 1. The standard InChI is InChI=1S/C17H17O2P/c1-14(2)17(18)13-20(19,15-9-5-3-6-10-15)16-11-7-4-8-12-16/h3-12H,1,13H2,2H3. The van der Waals surface area contributed by atoms with Crippen LogP contribution in [0.1, 0.15) is 6.92 Å². The molecule has 0 bridgehead atoms. The lowest BCUT2D eigenvalue weighted by Gasteiger charge is -2.18. The minimum absolute atomic E-state index is 0.00361. The number of rotatable bonds is 5. The molecule has 2 rings (SSSR count). The smallest absolute Gasteiger partial charge is 0.165 e. The minimum Gasteiger partial charge on any atom is -0.313 e. The Labute approximate surface area is 119 Å². The van der Waals surface area contributed by atoms with Crippen molar-refractivity contribution < 1.29 is 9.36 Å². The summed E-state index contributed by atoms with van der Waals surface area (Å²) in [5.41, 5.74) is 0.442. The summed E-state index contributed by atoms with van der Waals surface area (Å²) in [5, 5.41) is 1.42. The molecule has 0 aliphatic heterocycles. The first-order chi connectivity index (χ1) is 9.54. The van der Waals surface area contributed by atoms with E-state index in [-0.39, 0.29) is 11.9 Å². The summed E-state index contributed by atoms with van der Waals surface area (Å²) in [6.07, 6.45) is -0.00361. The molecule has 0 fully saturated rings. The Balaban J connectivity index is 2.53. The third-order valence-electron chi connectivity index (χ3n) is 3.19. The van der Waals surface area contributed by atoms with E-state index in [1.807, 2.05) is 60.7 Å². The molecule has 20 heavy (non-hydrogen) atoms. The van der Waals surface area contributed by atoms with Gasteiger partial charge in [-0.2, -0.15) is 0 Å². The molecule has 0 heterocycles. The highest BCUT2D eigenvalue weighted by Crippen LogP contribution is 2.43. The van der Waals surface area contributed by atoms with Crippen LogP contribution in [0.2, 0.25) is 0 Å². The van der Waals surface area contributed by atoms with Crippen molar-refractivity contribution in [3.05, 3.63) is 72.8 Å². The number of hydrogen-bond donors (Lipinski definition) is 0. The molecule has 3 heteroatoms. The molecule has 2 nitrogen and oxygen atoms in total. The molecule has 0 aliphatic carbocycles. The molecule has 0 unspecified atom stereocenters. The molecule has 102 valence electrons. The largest absolute Gasteiger partial charge is 0.313 e. The Bertz CT molecular complexity index is 616. The highest BCUT2D eigenvalue weighted by molar-refractivity contribution is 7.79. The van der Waals surface area contributed by atoms with Crippen molar-refractivity contribution in [1.29, 1.82) is 0 Å². The summed E-state index contributed by atoms with van der Waals surface area (Å²) in [6.45, 7) is 5.31. The molecule has 0 spiro atoms. The van der Waals surface area contributed by atoms with Gasteiger partial charge in [0.05, 0.1) is 6.16 Å². The van der Waals surface area contributed by atoms with Crippen molar-refractivity contribution in [3.8, 4) is 0 Å². The molecule has 0 saturated carbocycles. The molecule has 0 N–H and O–H groups in total. The molecular weight excluding hydrogens is 267 g/mol. The molecule has 0 atom stereocenters. The molecule has 2 aromatic rings. The maximum absolute atomic E-state index is 13.5. The Morgan fingerprint density at radius 3 is 1.70 bits per heavy atom. The maximum Gasteiger partial charge on any atom is 0.165 e. The van der Waals surface area contributed by atoms with E-state index in [0.29, 0.717) is 16.2 Å². The topological polar surface area (TPSA) is 34.1 Å². The highest BCUT2D eigenvalue weighted by Gasteiger charge is 2.29. The van der Waals surface area contributed by atoms with Crippen LogP contribution in [0.5, 0.6) is 0 Å². The lowest BCUT2D eigenvalue weighted by Crippen LogP contribution is -2.22. The monoisotopic (exact) mass is 284 g/mol. The second kappa shape index (κ2) is 6.02. The van der Waals surface area contributed by atoms with Crippen LogP contribution in [0.15, 0.2) is 72.8 Å². The first-order valence-corrected chi connectivity index (χ1v) is 8.32. The summed E-state index contributed by atoms with van der Waals surface area (Å²) in [6, 6.07) is 18.4. The number of hydrogen-bond acceptors (Lipinski definition) is 2. The summed E-state index contributed by atoms with van der Waals surface area (Å²) in [5.74, 6) is -0.152. The van der Waals surface area contributed by atoms with Gasteiger partial charge in [0.15, 0.2) is 12.9 Å². The average molecular weight is 284 g/mol. The number of carbonyl (C=O) groups excluding carboxylic acids is 1. The van der Waals surface area contributed by atoms with Gasteiger partial charge in [-0.05, 0) is 12.5 Å². The van der Waals surface area contributed by atoms with Gasteiger partial charge in [0.1, 0.15) is 0 Å². The summed E-state index contributed by atoms with van der Waals surface area (Å²) < 4.78 is 13.5. The Morgan fingerprint density at radius 2 is 1.35 bits per heavy atom. The average Bonchev–Trinajstić information content (AvgIpc) is 2.48. The Morgan fingerprint density at radius 1 is 0.950 bits per heavy atom. The number of benzene rings is 2. The van der Waals surface area contributed by atoms with Crippen LogP contribution < -0.4 is 10.6 Å². The van der Waals surface area contributed by atoms with E-state index in [9.17, 15) is 9.36 Å². The predicted octanol–water partition coefficient (Wildman–Crippen LogP) is 3.15. The van der Waals surface area contributed by atoms with Gasteiger partial charge in [-0.15, -0.1) is 0 Å². The van der Waals surface area contributed by atoms with Crippen LogP contribution >= 0.6 is 7.14 Å². The van der Waals surface area contributed by atoms with Crippen molar-refractivity contribution in [2.24, 2.45) is 0 Å². The van der Waals surface area contributed by atoms with Crippen LogP contribution in [0, 0.1) is 0 Å². The van der Waals surface area contributed by atoms with Crippen LogP contribution in [0.25, 0.3) is 0 Å².